The Morgan fingerprint density at radius 3 is 2.43 bits per heavy atom. The van der Waals surface area contributed by atoms with E-state index in [0.717, 1.165) is 11.1 Å². The van der Waals surface area contributed by atoms with Crippen LogP contribution in [-0.2, 0) is 16.1 Å². The third kappa shape index (κ3) is 2.79. The van der Waals surface area contributed by atoms with Crippen LogP contribution in [0.5, 0.6) is 5.75 Å². The van der Waals surface area contributed by atoms with Gasteiger partial charge >= 0.3 is 0 Å². The lowest BCUT2D eigenvalue weighted by Gasteiger charge is -2.16. The van der Waals surface area contributed by atoms with Gasteiger partial charge in [-0.1, -0.05) is 36.4 Å². The average molecular weight is 281 g/mol. The number of hydrogen-bond donors (Lipinski definition) is 1. The van der Waals surface area contributed by atoms with E-state index in [0.29, 0.717) is 5.56 Å². The van der Waals surface area contributed by atoms with Gasteiger partial charge in [-0.15, -0.1) is 0 Å². The van der Waals surface area contributed by atoms with E-state index >= 15 is 0 Å². The maximum atomic E-state index is 11.7. The number of rotatable bonds is 3. The van der Waals surface area contributed by atoms with Crippen LogP contribution in [0.4, 0.5) is 0 Å². The largest absolute Gasteiger partial charge is 0.508 e. The molecule has 1 amide bonds. The van der Waals surface area contributed by atoms with Crippen molar-refractivity contribution >= 4 is 11.7 Å². The highest BCUT2D eigenvalue weighted by Crippen LogP contribution is 2.27. The fourth-order valence-corrected chi connectivity index (χ4v) is 2.51. The van der Waals surface area contributed by atoms with E-state index in [9.17, 15) is 14.7 Å². The molecule has 2 aromatic rings. The van der Waals surface area contributed by atoms with Crippen molar-refractivity contribution in [2.24, 2.45) is 0 Å². The zero-order chi connectivity index (χ0) is 14.8. The molecule has 2 aromatic carbocycles. The number of carbonyl (C=O) groups excluding carboxylic acids is 2. The summed E-state index contributed by atoms with van der Waals surface area (Å²) >= 11 is 0. The Morgan fingerprint density at radius 1 is 1.00 bits per heavy atom. The van der Waals surface area contributed by atoms with Crippen LogP contribution in [0.2, 0.25) is 0 Å². The lowest BCUT2D eigenvalue weighted by atomic mass is 10.0. The first-order valence-corrected chi connectivity index (χ1v) is 6.80. The maximum Gasteiger partial charge on any atom is 0.230 e. The predicted octanol–water partition coefficient (Wildman–Crippen LogP) is 2.36. The van der Waals surface area contributed by atoms with E-state index in [1.807, 2.05) is 42.5 Å². The molecule has 0 radical (unpaired) electrons. The monoisotopic (exact) mass is 281 g/mol. The molecule has 0 bridgehead atoms. The first kappa shape index (κ1) is 13.4. The smallest absolute Gasteiger partial charge is 0.230 e. The normalized spacial score (nSPS) is 14.8. The summed E-state index contributed by atoms with van der Waals surface area (Å²) in [5.74, 6) is -0.106. The molecule has 0 unspecified atom stereocenters. The zero-order valence-corrected chi connectivity index (χ0v) is 11.5. The molecule has 4 heteroatoms. The van der Waals surface area contributed by atoms with E-state index in [1.54, 1.807) is 6.07 Å². The van der Waals surface area contributed by atoms with Crippen molar-refractivity contribution in [3.05, 3.63) is 54.1 Å². The van der Waals surface area contributed by atoms with Crippen LogP contribution in [0.1, 0.15) is 12.0 Å². The van der Waals surface area contributed by atoms with Gasteiger partial charge in [0.1, 0.15) is 5.75 Å². The van der Waals surface area contributed by atoms with Crippen LogP contribution in [-0.4, -0.2) is 28.2 Å². The van der Waals surface area contributed by atoms with Crippen LogP contribution in [0.3, 0.4) is 0 Å². The topological polar surface area (TPSA) is 57.6 Å². The van der Waals surface area contributed by atoms with Gasteiger partial charge in [0.05, 0.1) is 13.0 Å². The zero-order valence-electron chi connectivity index (χ0n) is 11.5. The number of Topliss-reactive ketones (excluding diaryl/α,β-unsaturated/α-hetero) is 1. The Balaban J connectivity index is 1.89. The highest BCUT2D eigenvalue weighted by molar-refractivity contribution is 6.05. The third-order valence-corrected chi connectivity index (χ3v) is 3.62. The van der Waals surface area contributed by atoms with Gasteiger partial charge in [0.25, 0.3) is 0 Å². The van der Waals surface area contributed by atoms with Gasteiger partial charge in [0.2, 0.25) is 5.91 Å². The molecule has 0 spiro atoms. The van der Waals surface area contributed by atoms with Crippen molar-refractivity contribution in [2.45, 2.75) is 13.0 Å². The number of aromatic hydroxyl groups is 1. The Labute approximate surface area is 122 Å². The van der Waals surface area contributed by atoms with Gasteiger partial charge < -0.3 is 10.0 Å². The van der Waals surface area contributed by atoms with Crippen LogP contribution in [0.25, 0.3) is 11.1 Å². The standard InChI is InChI=1S/C17H15NO3/c19-15-9-17(21)18(11-15)10-14-8-13(6-7-16(14)20)12-4-2-1-3-5-12/h1-8,20H,9-11H2. The Hall–Kier alpha value is -2.62. The molecule has 106 valence electrons. The molecule has 1 aliphatic rings. The van der Waals surface area contributed by atoms with E-state index in [2.05, 4.69) is 0 Å². The van der Waals surface area contributed by atoms with Gasteiger partial charge in [-0.05, 0) is 23.3 Å². The van der Waals surface area contributed by atoms with E-state index in [4.69, 9.17) is 0 Å². The predicted molar refractivity (Wildman–Crippen MR) is 78.6 cm³/mol. The van der Waals surface area contributed by atoms with Crippen molar-refractivity contribution in [1.29, 1.82) is 0 Å². The summed E-state index contributed by atoms with van der Waals surface area (Å²) in [6.45, 7) is 0.394. The number of likely N-dealkylation sites (tertiary alicyclic amines) is 1. The number of amides is 1. The van der Waals surface area contributed by atoms with Crippen molar-refractivity contribution < 1.29 is 14.7 Å². The van der Waals surface area contributed by atoms with Crippen LogP contribution >= 0.6 is 0 Å². The van der Waals surface area contributed by atoms with Gasteiger partial charge in [0.15, 0.2) is 5.78 Å². The molecule has 1 heterocycles. The van der Waals surface area contributed by atoms with Crippen molar-refractivity contribution in [3.8, 4) is 16.9 Å². The summed E-state index contributed by atoms with van der Waals surface area (Å²) in [5, 5.41) is 9.97. The Morgan fingerprint density at radius 2 is 1.76 bits per heavy atom. The Bertz CT molecular complexity index is 694. The Kier molecular flexibility index (Phi) is 3.44. The van der Waals surface area contributed by atoms with Gasteiger partial charge in [-0.2, -0.15) is 0 Å². The number of benzene rings is 2. The van der Waals surface area contributed by atoms with E-state index in [1.165, 1.54) is 4.90 Å². The molecule has 21 heavy (non-hydrogen) atoms. The summed E-state index contributed by atoms with van der Waals surface area (Å²) < 4.78 is 0. The molecule has 4 nitrogen and oxygen atoms in total. The van der Waals surface area contributed by atoms with Crippen molar-refractivity contribution in [3.63, 3.8) is 0 Å². The number of carbonyl (C=O) groups is 2. The summed E-state index contributed by atoms with van der Waals surface area (Å²) in [4.78, 5) is 24.5. The second kappa shape index (κ2) is 5.40. The number of ketones is 1. The number of hydrogen-bond acceptors (Lipinski definition) is 3. The van der Waals surface area contributed by atoms with Crippen molar-refractivity contribution in [2.75, 3.05) is 6.54 Å². The lowest BCUT2D eigenvalue weighted by molar-refractivity contribution is -0.128. The highest BCUT2D eigenvalue weighted by Gasteiger charge is 2.27. The molecule has 1 saturated heterocycles. The second-order valence-electron chi connectivity index (χ2n) is 5.17. The summed E-state index contributed by atoms with van der Waals surface area (Å²) in [6.07, 6.45) is -0.0286. The summed E-state index contributed by atoms with van der Waals surface area (Å²) in [6, 6.07) is 15.1. The van der Waals surface area contributed by atoms with Crippen LogP contribution in [0.15, 0.2) is 48.5 Å². The minimum absolute atomic E-state index is 0.0286. The van der Waals surface area contributed by atoms with E-state index in [-0.39, 0.29) is 37.0 Å². The fraction of sp³-hybridized carbons (Fsp3) is 0.176. The minimum atomic E-state index is -0.176. The molecule has 1 fully saturated rings. The first-order valence-electron chi connectivity index (χ1n) is 6.80. The quantitative estimate of drug-likeness (QED) is 0.879. The molecule has 0 atom stereocenters. The molecule has 1 aliphatic heterocycles. The molecule has 0 aromatic heterocycles. The van der Waals surface area contributed by atoms with Crippen LogP contribution < -0.4 is 0 Å². The van der Waals surface area contributed by atoms with Gasteiger partial charge in [0, 0.05) is 12.1 Å². The molecule has 3 rings (SSSR count). The van der Waals surface area contributed by atoms with Crippen LogP contribution in [0, 0.1) is 0 Å². The fourth-order valence-electron chi connectivity index (χ4n) is 2.51. The molecule has 0 saturated carbocycles. The van der Waals surface area contributed by atoms with Gasteiger partial charge in [-0.3, -0.25) is 9.59 Å². The lowest BCUT2D eigenvalue weighted by Crippen LogP contribution is -2.24. The number of nitrogens with zero attached hydrogens (tertiary/aromatic N) is 1. The summed E-state index contributed by atoms with van der Waals surface area (Å²) in [7, 11) is 0. The van der Waals surface area contributed by atoms with Crippen molar-refractivity contribution in [1.82, 2.24) is 4.90 Å². The number of phenolic OH excluding ortho intramolecular Hbond substituents is 1. The molecular weight excluding hydrogens is 266 g/mol. The molecule has 1 N–H and O–H groups in total. The maximum absolute atomic E-state index is 11.7. The third-order valence-electron chi connectivity index (χ3n) is 3.62. The average Bonchev–Trinajstić information content (AvgIpc) is 2.80. The molecular formula is C17H15NO3. The number of phenols is 1. The highest BCUT2D eigenvalue weighted by atomic mass is 16.3. The summed E-state index contributed by atoms with van der Waals surface area (Å²) in [5.41, 5.74) is 2.67. The second-order valence-corrected chi connectivity index (χ2v) is 5.17. The van der Waals surface area contributed by atoms with Gasteiger partial charge in [-0.25, -0.2) is 0 Å². The minimum Gasteiger partial charge on any atom is -0.508 e. The first-order chi connectivity index (χ1) is 10.1. The SMILES string of the molecule is O=C1CC(=O)N(Cc2cc(-c3ccccc3)ccc2O)C1. The van der Waals surface area contributed by atoms with E-state index < -0.39 is 0 Å². The molecule has 0 aliphatic carbocycles.